The van der Waals surface area contributed by atoms with E-state index in [1.54, 1.807) is 23.0 Å². The van der Waals surface area contributed by atoms with Gasteiger partial charge in [0, 0.05) is 54.0 Å². The number of pyridine rings is 1. The van der Waals surface area contributed by atoms with Crippen molar-refractivity contribution in [3.8, 4) is 11.1 Å². The number of imidazole rings is 1. The number of anilines is 1. The lowest BCUT2D eigenvalue weighted by Gasteiger charge is -2.18. The molecule has 0 unspecified atom stereocenters. The van der Waals surface area contributed by atoms with Crippen molar-refractivity contribution in [2.75, 3.05) is 11.9 Å². The number of halogens is 1. The lowest BCUT2D eigenvalue weighted by atomic mass is 9.97. The molecule has 0 fully saturated rings. The van der Waals surface area contributed by atoms with Gasteiger partial charge >= 0.3 is 0 Å². The zero-order valence-corrected chi connectivity index (χ0v) is 14.3. The van der Waals surface area contributed by atoms with Crippen molar-refractivity contribution in [2.24, 2.45) is 5.41 Å². The van der Waals surface area contributed by atoms with E-state index in [2.05, 4.69) is 46.0 Å². The number of aromatic nitrogens is 5. The van der Waals surface area contributed by atoms with E-state index in [0.717, 1.165) is 23.1 Å². The smallest absolute Gasteiger partial charge is 0.224 e. The van der Waals surface area contributed by atoms with Gasteiger partial charge in [0.25, 0.3) is 0 Å². The van der Waals surface area contributed by atoms with Crippen LogP contribution in [0.4, 0.5) is 10.3 Å². The van der Waals surface area contributed by atoms with Crippen molar-refractivity contribution >= 4 is 22.6 Å². The summed E-state index contributed by atoms with van der Waals surface area (Å²) in [6.07, 6.45) is 8.73. The van der Waals surface area contributed by atoms with Gasteiger partial charge in [0.2, 0.25) is 5.95 Å². The van der Waals surface area contributed by atoms with E-state index in [0.29, 0.717) is 17.2 Å². The molecular weight excluding hydrogens is 319 g/mol. The third-order valence-electron chi connectivity index (χ3n) is 3.96. The van der Waals surface area contributed by atoms with E-state index >= 15 is 0 Å². The highest BCUT2D eigenvalue weighted by Crippen LogP contribution is 2.29. The molecule has 0 aromatic carbocycles. The number of nitrogens with zero attached hydrogens (tertiary/aromatic N) is 4. The molecule has 0 atom stereocenters. The molecule has 4 heterocycles. The second-order valence-corrected chi connectivity index (χ2v) is 7.31. The van der Waals surface area contributed by atoms with Gasteiger partial charge in [-0.05, 0) is 11.5 Å². The number of nitrogens with one attached hydrogen (secondary N) is 2. The van der Waals surface area contributed by atoms with Crippen molar-refractivity contribution in [1.29, 1.82) is 0 Å². The fourth-order valence-electron chi connectivity index (χ4n) is 2.71. The fourth-order valence-corrected chi connectivity index (χ4v) is 2.71. The molecular formula is C18H19FN6. The third-order valence-corrected chi connectivity index (χ3v) is 3.96. The highest BCUT2D eigenvalue weighted by molar-refractivity contribution is 5.93. The molecule has 4 aromatic heterocycles. The van der Waals surface area contributed by atoms with Crippen LogP contribution in [0.2, 0.25) is 0 Å². The molecule has 7 heteroatoms. The van der Waals surface area contributed by atoms with Gasteiger partial charge in [0.05, 0.1) is 0 Å². The quantitative estimate of drug-likeness (QED) is 0.595. The summed E-state index contributed by atoms with van der Waals surface area (Å²) in [5.74, 6) is 0.216. The summed E-state index contributed by atoms with van der Waals surface area (Å²) in [6, 6.07) is 1.48. The number of H-pyrrole nitrogens is 1. The Bertz CT molecular complexity index is 1060. The molecule has 0 amide bonds. The minimum Gasteiger partial charge on any atom is -0.354 e. The molecule has 25 heavy (non-hydrogen) atoms. The number of hydrogen-bond donors (Lipinski definition) is 2. The van der Waals surface area contributed by atoms with Crippen LogP contribution < -0.4 is 5.32 Å². The first-order valence-electron chi connectivity index (χ1n) is 8.11. The van der Waals surface area contributed by atoms with E-state index in [-0.39, 0.29) is 11.2 Å². The van der Waals surface area contributed by atoms with Crippen LogP contribution in [0.25, 0.3) is 27.8 Å². The minimum atomic E-state index is -0.360. The molecule has 0 aliphatic rings. The summed E-state index contributed by atoms with van der Waals surface area (Å²) in [4.78, 5) is 16.0. The molecule has 4 aromatic rings. The van der Waals surface area contributed by atoms with Gasteiger partial charge < -0.3 is 14.7 Å². The van der Waals surface area contributed by atoms with Gasteiger partial charge in [-0.15, -0.1) is 0 Å². The van der Waals surface area contributed by atoms with Gasteiger partial charge in [-0.2, -0.15) is 4.98 Å². The monoisotopic (exact) mass is 338 g/mol. The van der Waals surface area contributed by atoms with E-state index in [1.807, 2.05) is 12.4 Å². The highest BCUT2D eigenvalue weighted by atomic mass is 19.1. The summed E-state index contributed by atoms with van der Waals surface area (Å²) in [6.45, 7) is 7.21. The third kappa shape index (κ3) is 2.93. The molecule has 0 saturated carbocycles. The lowest BCUT2D eigenvalue weighted by molar-refractivity contribution is 0.442. The van der Waals surface area contributed by atoms with Crippen molar-refractivity contribution in [2.45, 2.75) is 20.8 Å². The van der Waals surface area contributed by atoms with Crippen LogP contribution in [0.3, 0.4) is 0 Å². The summed E-state index contributed by atoms with van der Waals surface area (Å²) < 4.78 is 15.9. The predicted octanol–water partition coefficient (Wildman–Crippen LogP) is 3.87. The lowest BCUT2D eigenvalue weighted by Crippen LogP contribution is -2.20. The molecule has 2 N–H and O–H groups in total. The maximum absolute atomic E-state index is 14.2. The molecule has 0 spiro atoms. The predicted molar refractivity (Wildman–Crippen MR) is 96.0 cm³/mol. The second kappa shape index (κ2) is 5.54. The van der Waals surface area contributed by atoms with Crippen molar-refractivity contribution in [1.82, 2.24) is 24.3 Å². The Hall–Kier alpha value is -2.96. The molecule has 0 bridgehead atoms. The van der Waals surface area contributed by atoms with Gasteiger partial charge in [-0.3, -0.25) is 0 Å². The maximum atomic E-state index is 14.2. The first-order valence-corrected chi connectivity index (χ1v) is 8.11. The molecule has 0 radical (unpaired) electrons. The topological polar surface area (TPSA) is 70.9 Å². The van der Waals surface area contributed by atoms with Gasteiger partial charge in [0.1, 0.15) is 5.65 Å². The Morgan fingerprint density at radius 2 is 2.12 bits per heavy atom. The van der Waals surface area contributed by atoms with Crippen LogP contribution >= 0.6 is 0 Å². The van der Waals surface area contributed by atoms with Crippen molar-refractivity contribution in [3.63, 3.8) is 0 Å². The zero-order chi connectivity index (χ0) is 17.6. The van der Waals surface area contributed by atoms with E-state index in [4.69, 9.17) is 0 Å². The molecule has 128 valence electrons. The van der Waals surface area contributed by atoms with Gasteiger partial charge in [0.15, 0.2) is 11.5 Å². The molecule has 0 aliphatic carbocycles. The largest absolute Gasteiger partial charge is 0.354 e. The van der Waals surface area contributed by atoms with Crippen LogP contribution in [0.15, 0.2) is 37.1 Å². The Kier molecular flexibility index (Phi) is 3.45. The summed E-state index contributed by atoms with van der Waals surface area (Å²) in [5.41, 5.74) is 2.76. The van der Waals surface area contributed by atoms with Gasteiger partial charge in [-0.1, -0.05) is 20.8 Å². The first kappa shape index (κ1) is 15.6. The van der Waals surface area contributed by atoms with Crippen LogP contribution in [0.1, 0.15) is 20.8 Å². The Balaban J connectivity index is 1.73. The second-order valence-electron chi connectivity index (χ2n) is 7.31. The molecule has 4 rings (SSSR count). The number of aromatic amines is 1. The Morgan fingerprint density at radius 3 is 2.92 bits per heavy atom. The van der Waals surface area contributed by atoms with Crippen LogP contribution in [0.5, 0.6) is 0 Å². The van der Waals surface area contributed by atoms with Gasteiger partial charge in [-0.25, -0.2) is 14.4 Å². The van der Waals surface area contributed by atoms with E-state index in [1.165, 1.54) is 6.07 Å². The first-order chi connectivity index (χ1) is 11.9. The van der Waals surface area contributed by atoms with Crippen LogP contribution in [-0.4, -0.2) is 30.9 Å². The number of rotatable bonds is 3. The Labute approximate surface area is 144 Å². The molecule has 6 nitrogen and oxygen atoms in total. The molecule has 0 saturated heterocycles. The Morgan fingerprint density at radius 1 is 1.28 bits per heavy atom. The average Bonchev–Trinajstić information content (AvgIpc) is 3.18. The van der Waals surface area contributed by atoms with E-state index < -0.39 is 0 Å². The van der Waals surface area contributed by atoms with E-state index in [9.17, 15) is 4.39 Å². The fraction of sp³-hybridized carbons (Fsp3) is 0.278. The number of fused-ring (bicyclic) bond motifs is 2. The average molecular weight is 338 g/mol. The minimum absolute atomic E-state index is 0.136. The van der Waals surface area contributed by atoms with Crippen molar-refractivity contribution < 1.29 is 4.39 Å². The standard InChI is InChI=1S/C18H19FN6/c1-18(2,3)10-23-17-22-8-13-12(7-21-15(13)24-17)11-6-14(19)16-20-4-5-25(16)9-11/h4-9H,10H2,1-3H3,(H2,21,22,23,24). The summed E-state index contributed by atoms with van der Waals surface area (Å²) in [5, 5.41) is 4.09. The number of hydrogen-bond acceptors (Lipinski definition) is 4. The maximum Gasteiger partial charge on any atom is 0.224 e. The van der Waals surface area contributed by atoms with Crippen molar-refractivity contribution in [3.05, 3.63) is 42.9 Å². The SMILES string of the molecule is CC(C)(C)CNc1ncc2c(-c3cc(F)c4nccn4c3)c[nH]c2n1. The van der Waals surface area contributed by atoms with Crippen LogP contribution in [-0.2, 0) is 0 Å². The van der Waals surface area contributed by atoms with Crippen LogP contribution in [0, 0.1) is 11.2 Å². The zero-order valence-electron chi connectivity index (χ0n) is 14.3. The summed E-state index contributed by atoms with van der Waals surface area (Å²) in [7, 11) is 0. The highest BCUT2D eigenvalue weighted by Gasteiger charge is 2.14. The summed E-state index contributed by atoms with van der Waals surface area (Å²) >= 11 is 0. The molecule has 0 aliphatic heterocycles. The normalized spacial score (nSPS) is 12.2.